The Kier molecular flexibility index (Phi) is 2.37. The maximum atomic E-state index is 4.27. The van der Waals surface area contributed by atoms with Gasteiger partial charge in [0.25, 0.3) is 0 Å². The first-order valence-corrected chi connectivity index (χ1v) is 4.76. The van der Waals surface area contributed by atoms with Crippen LogP contribution in [-0.2, 0) is 5.41 Å². The first-order valence-electron chi connectivity index (χ1n) is 3.64. The number of rotatable bonds is 2. The van der Waals surface area contributed by atoms with Crippen LogP contribution in [0.1, 0.15) is 25.2 Å². The Morgan fingerprint density at radius 2 is 2.27 bits per heavy atom. The van der Waals surface area contributed by atoms with E-state index in [-0.39, 0.29) is 5.41 Å². The third-order valence-corrected chi connectivity index (χ3v) is 3.21. The molecule has 0 aliphatic rings. The topological polar surface area (TPSA) is 28.7 Å². The summed E-state index contributed by atoms with van der Waals surface area (Å²) in [5, 5.41) is 0.936. The van der Waals surface area contributed by atoms with E-state index in [0.29, 0.717) is 0 Å². The fraction of sp³-hybridized carbons (Fsp3) is 0.625. The monoisotopic (exact) mass is 216 g/mol. The molecule has 1 N–H and O–H groups in total. The number of imidazole rings is 1. The molecule has 0 radical (unpaired) electrons. The highest BCUT2D eigenvalue weighted by Crippen LogP contribution is 2.25. The highest BCUT2D eigenvalue weighted by Gasteiger charge is 2.22. The van der Waals surface area contributed by atoms with Crippen molar-refractivity contribution >= 4 is 15.9 Å². The minimum atomic E-state index is 0.129. The van der Waals surface area contributed by atoms with Crippen molar-refractivity contribution in [2.75, 3.05) is 5.33 Å². The Labute approximate surface area is 75.6 Å². The van der Waals surface area contributed by atoms with Crippen LogP contribution in [0.15, 0.2) is 6.33 Å². The molecule has 0 saturated heterocycles. The second-order valence-corrected chi connectivity index (χ2v) is 3.95. The molecule has 0 aliphatic heterocycles. The van der Waals surface area contributed by atoms with Gasteiger partial charge < -0.3 is 4.98 Å². The number of aryl methyl sites for hydroxylation is 1. The summed E-state index contributed by atoms with van der Waals surface area (Å²) < 4.78 is 0. The van der Waals surface area contributed by atoms with E-state index < -0.39 is 0 Å². The van der Waals surface area contributed by atoms with Crippen molar-refractivity contribution in [3.8, 4) is 0 Å². The van der Waals surface area contributed by atoms with Crippen molar-refractivity contribution in [1.29, 1.82) is 0 Å². The molecule has 1 rings (SSSR count). The van der Waals surface area contributed by atoms with Crippen molar-refractivity contribution < 1.29 is 0 Å². The molecule has 0 saturated carbocycles. The quantitative estimate of drug-likeness (QED) is 0.757. The number of nitrogens with one attached hydrogen (secondary N) is 1. The van der Waals surface area contributed by atoms with Gasteiger partial charge in [0.15, 0.2) is 0 Å². The second kappa shape index (κ2) is 2.97. The lowest BCUT2D eigenvalue weighted by molar-refractivity contribution is 0.583. The number of hydrogen-bond donors (Lipinski definition) is 1. The molecule has 3 heteroatoms. The second-order valence-electron chi connectivity index (χ2n) is 3.39. The van der Waals surface area contributed by atoms with E-state index in [1.165, 1.54) is 0 Å². The zero-order valence-electron chi connectivity index (χ0n) is 7.11. The molecule has 0 aliphatic carbocycles. The lowest BCUT2D eigenvalue weighted by atomic mass is 9.91. The largest absolute Gasteiger partial charge is 0.348 e. The molecule has 62 valence electrons. The highest BCUT2D eigenvalue weighted by molar-refractivity contribution is 9.09. The van der Waals surface area contributed by atoms with E-state index in [4.69, 9.17) is 0 Å². The van der Waals surface area contributed by atoms with Crippen LogP contribution < -0.4 is 0 Å². The van der Waals surface area contributed by atoms with Gasteiger partial charge in [-0.05, 0) is 6.92 Å². The molecule has 11 heavy (non-hydrogen) atoms. The molecule has 0 unspecified atom stereocenters. The van der Waals surface area contributed by atoms with Crippen LogP contribution in [-0.4, -0.2) is 15.3 Å². The first-order chi connectivity index (χ1) is 5.08. The fourth-order valence-electron chi connectivity index (χ4n) is 1.10. The minimum Gasteiger partial charge on any atom is -0.348 e. The van der Waals surface area contributed by atoms with Crippen molar-refractivity contribution in [2.24, 2.45) is 0 Å². The van der Waals surface area contributed by atoms with E-state index in [9.17, 15) is 0 Å². The van der Waals surface area contributed by atoms with Crippen LogP contribution in [0.5, 0.6) is 0 Å². The molecule has 0 bridgehead atoms. The van der Waals surface area contributed by atoms with Gasteiger partial charge in [0, 0.05) is 16.4 Å². The Bertz CT molecular complexity index is 240. The molecule has 1 aromatic rings. The van der Waals surface area contributed by atoms with Gasteiger partial charge >= 0.3 is 0 Å². The lowest BCUT2D eigenvalue weighted by Crippen LogP contribution is -2.20. The summed E-state index contributed by atoms with van der Waals surface area (Å²) in [7, 11) is 0. The van der Waals surface area contributed by atoms with E-state index in [2.05, 4.69) is 39.7 Å². The number of aromatic amines is 1. The van der Waals surface area contributed by atoms with Gasteiger partial charge in [0.2, 0.25) is 0 Å². The van der Waals surface area contributed by atoms with Crippen LogP contribution in [0.3, 0.4) is 0 Å². The smallest absolute Gasteiger partial charge is 0.0925 e. The normalized spacial score (nSPS) is 12.0. The van der Waals surface area contributed by atoms with E-state index in [1.807, 2.05) is 6.92 Å². The third kappa shape index (κ3) is 1.64. The summed E-state index contributed by atoms with van der Waals surface area (Å²) in [4.78, 5) is 7.35. The molecule has 1 aromatic heterocycles. The molecular formula is C8H13BrN2. The van der Waals surface area contributed by atoms with Crippen LogP contribution in [0, 0.1) is 6.92 Å². The van der Waals surface area contributed by atoms with Crippen molar-refractivity contribution in [3.63, 3.8) is 0 Å². The van der Waals surface area contributed by atoms with E-state index in [1.54, 1.807) is 6.33 Å². The average Bonchev–Trinajstić information content (AvgIpc) is 2.36. The van der Waals surface area contributed by atoms with Crippen LogP contribution >= 0.6 is 15.9 Å². The molecule has 0 atom stereocenters. The van der Waals surface area contributed by atoms with Crippen LogP contribution in [0.25, 0.3) is 0 Å². The van der Waals surface area contributed by atoms with Crippen molar-refractivity contribution in [3.05, 3.63) is 17.7 Å². The number of H-pyrrole nitrogens is 1. The number of halogens is 1. The predicted octanol–water partition coefficient (Wildman–Crippen LogP) is 2.39. The summed E-state index contributed by atoms with van der Waals surface area (Å²) in [5.41, 5.74) is 2.44. The summed E-state index contributed by atoms with van der Waals surface area (Å²) in [5.74, 6) is 0. The van der Waals surface area contributed by atoms with Gasteiger partial charge in [-0.15, -0.1) is 0 Å². The minimum absolute atomic E-state index is 0.129. The van der Waals surface area contributed by atoms with Gasteiger partial charge in [-0.1, -0.05) is 29.8 Å². The molecule has 0 amide bonds. The summed E-state index contributed by atoms with van der Waals surface area (Å²) in [6, 6.07) is 0. The van der Waals surface area contributed by atoms with E-state index in [0.717, 1.165) is 16.7 Å². The number of nitrogens with zero attached hydrogens (tertiary/aromatic N) is 1. The first kappa shape index (κ1) is 8.78. The van der Waals surface area contributed by atoms with Gasteiger partial charge in [-0.3, -0.25) is 0 Å². The number of hydrogen-bond acceptors (Lipinski definition) is 1. The Morgan fingerprint density at radius 1 is 1.64 bits per heavy atom. The molecule has 2 nitrogen and oxygen atoms in total. The summed E-state index contributed by atoms with van der Waals surface area (Å²) in [6.45, 7) is 6.39. The van der Waals surface area contributed by atoms with Crippen LogP contribution in [0.2, 0.25) is 0 Å². The molecule has 1 heterocycles. The molecule has 0 aromatic carbocycles. The van der Waals surface area contributed by atoms with Crippen molar-refractivity contribution in [1.82, 2.24) is 9.97 Å². The number of aromatic nitrogens is 2. The molecular weight excluding hydrogens is 204 g/mol. The highest BCUT2D eigenvalue weighted by atomic mass is 79.9. The standard InChI is InChI=1S/C8H13BrN2/c1-6-7(11-5-10-6)8(2,3)4-9/h5H,4H2,1-3H3,(H,10,11). The average molecular weight is 217 g/mol. The SMILES string of the molecule is Cc1[nH]cnc1C(C)(C)CBr. The summed E-state index contributed by atoms with van der Waals surface area (Å²) >= 11 is 3.47. The van der Waals surface area contributed by atoms with Gasteiger partial charge in [0.05, 0.1) is 12.0 Å². The van der Waals surface area contributed by atoms with E-state index >= 15 is 0 Å². The number of alkyl halides is 1. The molecule has 0 fully saturated rings. The van der Waals surface area contributed by atoms with Gasteiger partial charge in [-0.25, -0.2) is 4.98 Å². The van der Waals surface area contributed by atoms with Crippen molar-refractivity contribution in [2.45, 2.75) is 26.2 Å². The maximum absolute atomic E-state index is 4.27. The zero-order valence-corrected chi connectivity index (χ0v) is 8.70. The van der Waals surface area contributed by atoms with Crippen LogP contribution in [0.4, 0.5) is 0 Å². The third-order valence-electron chi connectivity index (χ3n) is 1.81. The Hall–Kier alpha value is -0.310. The Morgan fingerprint density at radius 3 is 2.64 bits per heavy atom. The fourth-order valence-corrected chi connectivity index (χ4v) is 1.37. The maximum Gasteiger partial charge on any atom is 0.0925 e. The lowest BCUT2D eigenvalue weighted by Gasteiger charge is -2.19. The molecule has 0 spiro atoms. The predicted molar refractivity (Wildman–Crippen MR) is 50.1 cm³/mol. The van der Waals surface area contributed by atoms with Gasteiger partial charge in [-0.2, -0.15) is 0 Å². The summed E-state index contributed by atoms with van der Waals surface area (Å²) in [6.07, 6.45) is 1.75. The zero-order chi connectivity index (χ0) is 8.48. The Balaban J connectivity index is 3.00. The van der Waals surface area contributed by atoms with Gasteiger partial charge in [0.1, 0.15) is 0 Å².